The molecule has 134 valence electrons. The number of benzene rings is 3. The second-order valence-corrected chi connectivity index (χ2v) is 9.71. The maximum atomic E-state index is 8.89. The Morgan fingerprint density at radius 1 is 0.769 bits per heavy atom. The van der Waals surface area contributed by atoms with Crippen molar-refractivity contribution in [3.05, 3.63) is 91.0 Å². The van der Waals surface area contributed by atoms with Crippen molar-refractivity contribution in [1.82, 2.24) is 0 Å². The number of halogens is 1. The summed E-state index contributed by atoms with van der Waals surface area (Å²) in [4.78, 5) is 8.89. The highest BCUT2D eigenvalue weighted by Gasteiger charge is 2.44. The Kier molecular flexibility index (Phi) is 7.84. The predicted molar refractivity (Wildman–Crippen MR) is 111 cm³/mol. The number of alkyl halides is 1. The fourth-order valence-electron chi connectivity index (χ4n) is 3.01. The van der Waals surface area contributed by atoms with E-state index in [1.165, 1.54) is 15.9 Å². The van der Waals surface area contributed by atoms with Crippen LogP contribution in [0.25, 0.3) is 0 Å². The molecule has 0 aliphatic carbocycles. The van der Waals surface area contributed by atoms with E-state index in [-0.39, 0.29) is 0 Å². The first-order valence-corrected chi connectivity index (χ1v) is 10.9. The molecule has 0 unspecified atom stereocenters. The van der Waals surface area contributed by atoms with E-state index in [1.54, 1.807) is 0 Å². The zero-order valence-electron chi connectivity index (χ0n) is 14.7. The first-order chi connectivity index (χ1) is 12.6. The zero-order valence-corrected chi connectivity index (χ0v) is 16.4. The van der Waals surface area contributed by atoms with E-state index >= 15 is 0 Å². The lowest BCUT2D eigenvalue weighted by molar-refractivity contribution is -0.302. The van der Waals surface area contributed by atoms with Crippen LogP contribution in [0.4, 0.5) is 0 Å². The van der Waals surface area contributed by atoms with Gasteiger partial charge in [-0.25, -0.2) is 0 Å². The third-order valence-corrected chi connectivity index (χ3v) is 8.90. The normalized spacial score (nSPS) is 10.5. The lowest BCUT2D eigenvalue weighted by atomic mass is 10.4. The van der Waals surface area contributed by atoms with Crippen LogP contribution in [0.3, 0.4) is 0 Å². The van der Waals surface area contributed by atoms with Crippen LogP contribution in [0.15, 0.2) is 91.0 Å². The molecule has 3 aromatic carbocycles. The summed E-state index contributed by atoms with van der Waals surface area (Å²) >= 11 is 6.26. The Balaban J connectivity index is 0.000000552. The van der Waals surface area contributed by atoms with Gasteiger partial charge in [-0.2, -0.15) is 0 Å². The van der Waals surface area contributed by atoms with Gasteiger partial charge in [0.05, 0.1) is 12.0 Å². The quantitative estimate of drug-likeness (QED) is 0.501. The van der Waals surface area contributed by atoms with Crippen LogP contribution < -0.4 is 21.0 Å². The van der Waals surface area contributed by atoms with E-state index in [4.69, 9.17) is 21.5 Å². The summed E-state index contributed by atoms with van der Waals surface area (Å²) in [7, 11) is -1.69. The number of hydrogen-bond acceptors (Lipinski definition) is 2. The van der Waals surface area contributed by atoms with E-state index in [1.807, 2.05) is 0 Å². The summed E-state index contributed by atoms with van der Waals surface area (Å²) in [5, 5.41) is 13.1. The summed E-state index contributed by atoms with van der Waals surface area (Å²) < 4.78 is 0. The summed E-state index contributed by atoms with van der Waals surface area (Å²) in [6, 6.07) is 32.5. The van der Waals surface area contributed by atoms with E-state index in [0.717, 1.165) is 13.1 Å². The molecule has 0 aliphatic heterocycles. The summed E-state index contributed by atoms with van der Waals surface area (Å²) in [5.74, 6) is -0.424. The van der Waals surface area contributed by atoms with Crippen molar-refractivity contribution in [2.75, 3.05) is 12.0 Å². The third-order valence-electron chi connectivity index (χ3n) is 4.01. The zero-order chi connectivity index (χ0) is 18.8. The second-order valence-electron chi connectivity index (χ2n) is 5.72. The minimum absolute atomic E-state index is 0.659. The first-order valence-electron chi connectivity index (χ1n) is 8.39. The minimum atomic E-state index is -1.69. The number of carbonyl (C=O) groups is 1. The Hall–Kier alpha value is -2.15. The van der Waals surface area contributed by atoms with Gasteiger partial charge < -0.3 is 9.90 Å². The van der Waals surface area contributed by atoms with Gasteiger partial charge in [-0.15, -0.1) is 11.6 Å². The van der Waals surface area contributed by atoms with Gasteiger partial charge in [0.25, 0.3) is 0 Å². The predicted octanol–water partition coefficient (Wildman–Crippen LogP) is 2.98. The number of aliphatic carboxylic acids is 1. The Morgan fingerprint density at radius 3 is 1.27 bits per heavy atom. The van der Waals surface area contributed by atoms with Crippen LogP contribution in [0.1, 0.15) is 6.92 Å². The molecule has 0 N–H and O–H groups in total. The molecule has 0 aromatic heterocycles. The number of hydrogen-bond donors (Lipinski definition) is 0. The van der Waals surface area contributed by atoms with Crippen LogP contribution in [0.5, 0.6) is 0 Å². The van der Waals surface area contributed by atoms with Crippen LogP contribution in [0.2, 0.25) is 0 Å². The lowest BCUT2D eigenvalue weighted by Crippen LogP contribution is -2.33. The van der Waals surface area contributed by atoms with Crippen molar-refractivity contribution < 1.29 is 9.90 Å². The topological polar surface area (TPSA) is 40.1 Å². The molecule has 3 aromatic rings. The van der Waals surface area contributed by atoms with Crippen molar-refractivity contribution in [2.24, 2.45) is 0 Å². The van der Waals surface area contributed by atoms with Gasteiger partial charge in [0.15, 0.2) is 0 Å². The fourth-order valence-corrected chi connectivity index (χ4v) is 7.74. The molecule has 0 spiro atoms. The van der Waals surface area contributed by atoms with Gasteiger partial charge in [0, 0.05) is 5.97 Å². The van der Waals surface area contributed by atoms with Gasteiger partial charge in [0.1, 0.15) is 23.2 Å². The molecule has 0 fully saturated rings. The number of carboxylic acids is 1. The standard InChI is InChI=1S/C20H19ClP.C2H4O2/c21-16-17-22(18-10-4-1-5-11-18,19-12-6-2-7-13-19)20-14-8-3-9-15-20;1-2(3)4/h1-15H,16-17H2;1H3,(H,3,4)/q+1;/p-1. The van der Waals surface area contributed by atoms with Crippen LogP contribution in [-0.4, -0.2) is 18.0 Å². The lowest BCUT2D eigenvalue weighted by Gasteiger charge is -2.26. The van der Waals surface area contributed by atoms with Crippen LogP contribution >= 0.6 is 18.9 Å². The minimum Gasteiger partial charge on any atom is -0.550 e. The summed E-state index contributed by atoms with van der Waals surface area (Å²) in [6.45, 7) is 0.972. The average Bonchev–Trinajstić information content (AvgIpc) is 2.68. The summed E-state index contributed by atoms with van der Waals surface area (Å²) in [5.41, 5.74) is 0. The molecule has 26 heavy (non-hydrogen) atoms. The molecule has 0 saturated heterocycles. The van der Waals surface area contributed by atoms with Crippen LogP contribution in [0, 0.1) is 0 Å². The van der Waals surface area contributed by atoms with Gasteiger partial charge >= 0.3 is 0 Å². The van der Waals surface area contributed by atoms with Crippen molar-refractivity contribution in [1.29, 1.82) is 0 Å². The highest BCUT2D eigenvalue weighted by atomic mass is 35.5. The maximum Gasteiger partial charge on any atom is 0.113 e. The van der Waals surface area contributed by atoms with E-state index in [0.29, 0.717) is 5.88 Å². The second kappa shape index (κ2) is 10.1. The molecule has 0 radical (unpaired) electrons. The smallest absolute Gasteiger partial charge is 0.113 e. The van der Waals surface area contributed by atoms with Crippen molar-refractivity contribution >= 4 is 40.7 Å². The largest absolute Gasteiger partial charge is 0.550 e. The maximum absolute atomic E-state index is 8.89. The molecule has 2 nitrogen and oxygen atoms in total. The van der Waals surface area contributed by atoms with E-state index < -0.39 is 13.2 Å². The molecule has 3 rings (SSSR count). The molecular formula is C22H22ClO2P. The number of rotatable bonds is 5. The van der Waals surface area contributed by atoms with Gasteiger partial charge in [0.2, 0.25) is 0 Å². The highest BCUT2D eigenvalue weighted by Crippen LogP contribution is 2.55. The number of carboxylic acid groups (broad SMARTS) is 1. The molecule has 0 saturated carbocycles. The molecule has 0 atom stereocenters. The molecular weight excluding hydrogens is 363 g/mol. The SMILES string of the molecule is CC(=O)[O-].ClCC[P+](c1ccccc1)(c1ccccc1)c1ccccc1. The summed E-state index contributed by atoms with van der Waals surface area (Å²) in [6.07, 6.45) is 0.979. The van der Waals surface area contributed by atoms with Crippen molar-refractivity contribution in [2.45, 2.75) is 6.92 Å². The van der Waals surface area contributed by atoms with E-state index in [2.05, 4.69) is 91.0 Å². The number of carbonyl (C=O) groups excluding carboxylic acids is 1. The average molecular weight is 385 g/mol. The molecule has 0 bridgehead atoms. The molecule has 0 heterocycles. The van der Waals surface area contributed by atoms with Crippen molar-refractivity contribution in [3.63, 3.8) is 0 Å². The third kappa shape index (κ3) is 4.94. The fraction of sp³-hybridized carbons (Fsp3) is 0.136. The Bertz CT molecular complexity index is 691. The Morgan fingerprint density at radius 2 is 1.04 bits per heavy atom. The molecule has 4 heteroatoms. The van der Waals surface area contributed by atoms with E-state index in [9.17, 15) is 0 Å². The van der Waals surface area contributed by atoms with Gasteiger partial charge in [-0.1, -0.05) is 54.6 Å². The van der Waals surface area contributed by atoms with Crippen molar-refractivity contribution in [3.8, 4) is 0 Å². The van der Waals surface area contributed by atoms with Gasteiger partial charge in [-0.3, -0.25) is 0 Å². The monoisotopic (exact) mass is 384 g/mol. The van der Waals surface area contributed by atoms with Crippen LogP contribution in [-0.2, 0) is 4.79 Å². The highest BCUT2D eigenvalue weighted by molar-refractivity contribution is 7.95. The molecule has 0 amide bonds. The first kappa shape index (κ1) is 20.2. The molecule has 0 aliphatic rings. The Labute approximate surface area is 160 Å². The van der Waals surface area contributed by atoms with Gasteiger partial charge in [-0.05, 0) is 43.3 Å².